The highest BCUT2D eigenvalue weighted by Crippen LogP contribution is 2.28. The Labute approximate surface area is 218 Å². The average molecular weight is 499 g/mol. The van der Waals surface area contributed by atoms with Gasteiger partial charge in [0.1, 0.15) is 12.0 Å². The van der Waals surface area contributed by atoms with Crippen LogP contribution in [0, 0.1) is 5.82 Å². The molecule has 0 radical (unpaired) electrons. The summed E-state index contributed by atoms with van der Waals surface area (Å²) in [4.78, 5) is 12.0. The Morgan fingerprint density at radius 2 is 1.83 bits per heavy atom. The number of benzene rings is 1. The topological polar surface area (TPSA) is 46.1 Å². The Morgan fingerprint density at radius 3 is 2.50 bits per heavy atom. The molecule has 7 heteroatoms. The maximum Gasteiger partial charge on any atom is 0.199 e. The molecule has 3 aliphatic rings. The van der Waals surface area contributed by atoms with Crippen molar-refractivity contribution in [1.29, 1.82) is 0 Å². The van der Waals surface area contributed by atoms with Crippen molar-refractivity contribution in [3.8, 4) is 0 Å². The molecule has 2 N–H and O–H groups in total. The van der Waals surface area contributed by atoms with E-state index in [-0.39, 0.29) is 12.0 Å². The lowest BCUT2D eigenvalue weighted by Crippen LogP contribution is -2.60. The van der Waals surface area contributed by atoms with Crippen molar-refractivity contribution >= 4 is 5.96 Å². The van der Waals surface area contributed by atoms with Gasteiger partial charge < -0.3 is 15.1 Å². The van der Waals surface area contributed by atoms with Crippen molar-refractivity contribution in [2.75, 3.05) is 33.7 Å². The van der Waals surface area contributed by atoms with E-state index < -0.39 is 0 Å². The summed E-state index contributed by atoms with van der Waals surface area (Å²) in [5.74, 6) is 0.852. The van der Waals surface area contributed by atoms with E-state index >= 15 is 0 Å². The first-order chi connectivity index (χ1) is 17.6. The van der Waals surface area contributed by atoms with E-state index in [1.807, 2.05) is 12.1 Å². The molecule has 1 aliphatic carbocycles. The smallest absolute Gasteiger partial charge is 0.199 e. The third kappa shape index (κ3) is 7.32. The van der Waals surface area contributed by atoms with Crippen molar-refractivity contribution in [2.24, 2.45) is 4.99 Å². The van der Waals surface area contributed by atoms with Crippen LogP contribution in [0.5, 0.6) is 0 Å². The number of nitrogens with one attached hydrogen (secondary N) is 2. The highest BCUT2D eigenvalue weighted by molar-refractivity contribution is 5.82. The molecule has 2 heterocycles. The van der Waals surface area contributed by atoms with Crippen molar-refractivity contribution in [2.45, 2.75) is 83.1 Å². The number of halogens is 1. The van der Waals surface area contributed by atoms with E-state index in [0.29, 0.717) is 18.6 Å². The number of guanidine groups is 1. The van der Waals surface area contributed by atoms with Crippen LogP contribution in [-0.2, 0) is 6.54 Å². The van der Waals surface area contributed by atoms with E-state index in [1.165, 1.54) is 31.4 Å². The molecule has 2 aliphatic heterocycles. The lowest BCUT2D eigenvalue weighted by atomic mass is 10.0. The predicted octanol–water partition coefficient (Wildman–Crippen LogP) is 4.91. The standard InChI is InChI=1S/C27H43FN6.C2H4/c1-4-5-16-29-27-30-19-25(32(2)23-11-7-8-12-23)26(33(27)3)31-22-14-17-34(18-15-22)20-21-10-6-9-13-24(21)28;1-2/h6,9-10,13,19,22-23,26,31H,4-5,7-8,11-12,14-18,20H2,1-3H3,(H,29,30);1-2H2. The Bertz CT molecular complexity index is 857. The molecule has 1 unspecified atom stereocenters. The molecule has 1 saturated carbocycles. The normalized spacial score (nSPS) is 22.7. The van der Waals surface area contributed by atoms with Crippen LogP contribution in [0.2, 0.25) is 0 Å². The molecule has 0 bridgehead atoms. The summed E-state index contributed by atoms with van der Waals surface area (Å²) in [6, 6.07) is 8.20. The van der Waals surface area contributed by atoms with Gasteiger partial charge in [0.15, 0.2) is 5.96 Å². The van der Waals surface area contributed by atoms with E-state index in [0.717, 1.165) is 56.8 Å². The quantitative estimate of drug-likeness (QED) is 0.374. The fraction of sp³-hybridized carbons (Fsp3) is 0.621. The SMILES string of the molecule is C=C.CCCCN=C1NC=C(N(C)C2CCCC2)C(NC2CCN(Cc3ccccc3F)CC2)N1C. The largest absolute Gasteiger partial charge is 0.371 e. The molecule has 0 spiro atoms. The van der Waals surface area contributed by atoms with Crippen LogP contribution >= 0.6 is 0 Å². The molecule has 2 fully saturated rings. The number of aliphatic imine (C=N–C) groups is 1. The molecule has 1 aromatic rings. The summed E-state index contributed by atoms with van der Waals surface area (Å²) >= 11 is 0. The monoisotopic (exact) mass is 498 g/mol. The summed E-state index contributed by atoms with van der Waals surface area (Å²) in [5, 5.41) is 7.45. The van der Waals surface area contributed by atoms with Gasteiger partial charge in [-0.05, 0) is 51.3 Å². The first kappa shape index (κ1) is 28.2. The molecule has 0 aromatic heterocycles. The van der Waals surface area contributed by atoms with Gasteiger partial charge in [0.2, 0.25) is 0 Å². The molecule has 200 valence electrons. The summed E-state index contributed by atoms with van der Waals surface area (Å²) in [6.45, 7) is 11.7. The number of rotatable bonds is 9. The second kappa shape index (κ2) is 14.4. The minimum Gasteiger partial charge on any atom is -0.371 e. The highest BCUT2D eigenvalue weighted by atomic mass is 19.1. The summed E-state index contributed by atoms with van der Waals surface area (Å²) in [7, 11) is 4.40. The molecular weight excluding hydrogens is 451 g/mol. The van der Waals surface area contributed by atoms with E-state index in [1.54, 1.807) is 12.1 Å². The second-order valence-corrected chi connectivity index (χ2v) is 10.1. The molecule has 1 atom stereocenters. The van der Waals surface area contributed by atoms with Gasteiger partial charge in [0, 0.05) is 51.0 Å². The Morgan fingerprint density at radius 1 is 1.14 bits per heavy atom. The van der Waals surface area contributed by atoms with E-state index in [2.05, 4.69) is 65.7 Å². The fourth-order valence-corrected chi connectivity index (χ4v) is 5.48. The Hall–Kier alpha value is -2.38. The zero-order chi connectivity index (χ0) is 25.9. The predicted molar refractivity (Wildman–Crippen MR) is 149 cm³/mol. The lowest BCUT2D eigenvalue weighted by Gasteiger charge is -2.44. The summed E-state index contributed by atoms with van der Waals surface area (Å²) < 4.78 is 14.1. The zero-order valence-electron chi connectivity index (χ0n) is 22.7. The maximum absolute atomic E-state index is 14.1. The summed E-state index contributed by atoms with van der Waals surface area (Å²) in [5.41, 5.74) is 2.10. The minimum absolute atomic E-state index is 0.0984. The second-order valence-electron chi connectivity index (χ2n) is 10.1. The number of hydrogen-bond acceptors (Lipinski definition) is 4. The van der Waals surface area contributed by atoms with Crippen molar-refractivity contribution in [3.05, 3.63) is 60.7 Å². The third-order valence-electron chi connectivity index (χ3n) is 7.74. The highest BCUT2D eigenvalue weighted by Gasteiger charge is 2.34. The fourth-order valence-electron chi connectivity index (χ4n) is 5.48. The van der Waals surface area contributed by atoms with Gasteiger partial charge in [-0.3, -0.25) is 15.2 Å². The average Bonchev–Trinajstić information content (AvgIpc) is 3.45. The molecule has 0 amide bonds. The van der Waals surface area contributed by atoms with Gasteiger partial charge in [-0.1, -0.05) is 44.4 Å². The van der Waals surface area contributed by atoms with Crippen molar-refractivity contribution in [3.63, 3.8) is 0 Å². The van der Waals surface area contributed by atoms with Crippen LogP contribution in [0.25, 0.3) is 0 Å². The Balaban J connectivity index is 0.00000176. The van der Waals surface area contributed by atoms with Gasteiger partial charge in [0.05, 0.1) is 5.70 Å². The number of likely N-dealkylation sites (N-methyl/N-ethyl adjacent to an activating group) is 2. The molecule has 1 aromatic carbocycles. The molecule has 36 heavy (non-hydrogen) atoms. The zero-order valence-corrected chi connectivity index (χ0v) is 22.7. The maximum atomic E-state index is 14.1. The van der Waals surface area contributed by atoms with Crippen LogP contribution in [-0.4, -0.2) is 72.6 Å². The van der Waals surface area contributed by atoms with Crippen LogP contribution in [0.1, 0.15) is 63.9 Å². The lowest BCUT2D eigenvalue weighted by molar-refractivity contribution is 0.154. The van der Waals surface area contributed by atoms with Gasteiger partial charge in [-0.25, -0.2) is 4.39 Å². The van der Waals surface area contributed by atoms with E-state index in [4.69, 9.17) is 4.99 Å². The van der Waals surface area contributed by atoms with Crippen LogP contribution in [0.4, 0.5) is 4.39 Å². The van der Waals surface area contributed by atoms with Gasteiger partial charge in [0.25, 0.3) is 0 Å². The first-order valence-electron chi connectivity index (χ1n) is 13.7. The van der Waals surface area contributed by atoms with Gasteiger partial charge in [-0.2, -0.15) is 0 Å². The van der Waals surface area contributed by atoms with Crippen molar-refractivity contribution in [1.82, 2.24) is 25.3 Å². The van der Waals surface area contributed by atoms with Gasteiger partial charge in [-0.15, -0.1) is 13.2 Å². The molecule has 4 rings (SSSR count). The van der Waals surface area contributed by atoms with Crippen molar-refractivity contribution < 1.29 is 4.39 Å². The number of likely N-dealkylation sites (tertiary alicyclic amines) is 1. The van der Waals surface area contributed by atoms with Crippen LogP contribution in [0.3, 0.4) is 0 Å². The summed E-state index contributed by atoms with van der Waals surface area (Å²) in [6.07, 6.45) is 11.9. The number of hydrogen-bond donors (Lipinski definition) is 2. The van der Waals surface area contributed by atoms with Crippen LogP contribution < -0.4 is 10.6 Å². The van der Waals surface area contributed by atoms with Crippen LogP contribution in [0.15, 0.2) is 54.3 Å². The minimum atomic E-state index is -0.0984. The molecular formula is C29H47FN6. The number of unbranched alkanes of at least 4 members (excludes halogenated alkanes) is 1. The molecule has 1 saturated heterocycles. The molecule has 6 nitrogen and oxygen atoms in total. The number of piperidine rings is 1. The van der Waals surface area contributed by atoms with Gasteiger partial charge >= 0.3 is 0 Å². The number of nitrogens with zero attached hydrogens (tertiary/aromatic N) is 4. The first-order valence-corrected chi connectivity index (χ1v) is 13.7. The third-order valence-corrected chi connectivity index (χ3v) is 7.74. The van der Waals surface area contributed by atoms with E-state index in [9.17, 15) is 4.39 Å². The Kier molecular flexibility index (Phi) is 11.3.